The molecule has 0 spiro atoms. The Balaban J connectivity index is 2.78. The summed E-state index contributed by atoms with van der Waals surface area (Å²) in [7, 11) is 0. The molecule has 0 fully saturated rings. The predicted octanol–water partition coefficient (Wildman–Crippen LogP) is 4.58. The summed E-state index contributed by atoms with van der Waals surface area (Å²) in [5.74, 6) is 0. The second-order valence-electron chi connectivity index (χ2n) is 3.54. The van der Waals surface area contributed by atoms with E-state index < -0.39 is 30.6 Å². The van der Waals surface area contributed by atoms with Crippen LogP contribution in [-0.4, -0.2) is 18.9 Å². The van der Waals surface area contributed by atoms with Crippen LogP contribution in [0.2, 0.25) is 0 Å². The van der Waals surface area contributed by atoms with Gasteiger partial charge in [0.15, 0.2) is 6.61 Å². The third-order valence-electron chi connectivity index (χ3n) is 1.84. The Hall–Kier alpha value is -1.45. The maximum Gasteiger partial charge on any atom is 0.422 e. The average molecular weight is 366 g/mol. The molecule has 1 aromatic carbocycles. The highest BCUT2D eigenvalue weighted by Gasteiger charge is 2.32. The molecule has 0 aliphatic heterocycles. The molecule has 10 heteroatoms. The van der Waals surface area contributed by atoms with E-state index in [1.165, 1.54) is 0 Å². The molecule has 0 saturated heterocycles. The lowest BCUT2D eigenvalue weighted by Crippen LogP contribution is -2.23. The number of hydrogen-bond donors (Lipinski definition) is 1. The molecule has 0 saturated carbocycles. The zero-order valence-corrected chi connectivity index (χ0v) is 11.0. The SMILES string of the molecule is O=C(Nc1cc(Br)cc(C(F)(F)F)c1)OCC(F)(F)F. The van der Waals surface area contributed by atoms with Crippen LogP contribution in [0.25, 0.3) is 0 Å². The normalized spacial score (nSPS) is 12.2. The van der Waals surface area contributed by atoms with Gasteiger partial charge < -0.3 is 4.74 Å². The Kier molecular flexibility index (Phi) is 4.90. The third kappa shape index (κ3) is 5.68. The first kappa shape index (κ1) is 16.6. The number of halogens is 7. The lowest BCUT2D eigenvalue weighted by Gasteiger charge is -2.12. The van der Waals surface area contributed by atoms with Gasteiger partial charge in [0.05, 0.1) is 5.56 Å². The number of ether oxygens (including phenoxy) is 1. The van der Waals surface area contributed by atoms with Gasteiger partial charge in [0, 0.05) is 10.2 Å². The number of rotatable bonds is 2. The fourth-order valence-corrected chi connectivity index (χ4v) is 1.62. The second-order valence-corrected chi connectivity index (χ2v) is 4.46. The third-order valence-corrected chi connectivity index (χ3v) is 2.30. The van der Waals surface area contributed by atoms with Crippen molar-refractivity contribution >= 4 is 27.7 Å². The molecular weight excluding hydrogens is 360 g/mol. The predicted molar refractivity (Wildman–Crippen MR) is 60.2 cm³/mol. The van der Waals surface area contributed by atoms with Gasteiger partial charge in [0.2, 0.25) is 0 Å². The number of nitrogens with one attached hydrogen (secondary N) is 1. The van der Waals surface area contributed by atoms with Gasteiger partial charge in [-0.05, 0) is 18.2 Å². The van der Waals surface area contributed by atoms with Gasteiger partial charge in [-0.3, -0.25) is 5.32 Å². The van der Waals surface area contributed by atoms with Crippen molar-refractivity contribution < 1.29 is 35.9 Å². The number of carbonyl (C=O) groups excluding carboxylic acids is 1. The maximum atomic E-state index is 12.5. The van der Waals surface area contributed by atoms with Crippen molar-refractivity contribution in [3.05, 3.63) is 28.2 Å². The van der Waals surface area contributed by atoms with Crippen LogP contribution in [-0.2, 0) is 10.9 Å². The zero-order chi connectivity index (χ0) is 15.6. The summed E-state index contributed by atoms with van der Waals surface area (Å²) in [4.78, 5) is 11.0. The molecule has 0 aromatic heterocycles. The van der Waals surface area contributed by atoms with Crippen LogP contribution in [0.4, 0.5) is 36.8 Å². The van der Waals surface area contributed by atoms with Crippen LogP contribution in [0.5, 0.6) is 0 Å². The van der Waals surface area contributed by atoms with Gasteiger partial charge in [-0.1, -0.05) is 15.9 Å². The van der Waals surface area contributed by atoms with Gasteiger partial charge >= 0.3 is 18.4 Å². The molecule has 0 heterocycles. The van der Waals surface area contributed by atoms with Gasteiger partial charge in [-0.25, -0.2) is 4.79 Å². The number of amides is 1. The Bertz CT molecular complexity index is 500. The highest BCUT2D eigenvalue weighted by atomic mass is 79.9. The van der Waals surface area contributed by atoms with E-state index in [0.29, 0.717) is 6.07 Å². The van der Waals surface area contributed by atoms with E-state index in [9.17, 15) is 31.1 Å². The van der Waals surface area contributed by atoms with Gasteiger partial charge in [0.25, 0.3) is 0 Å². The van der Waals surface area contributed by atoms with Gasteiger partial charge in [0.1, 0.15) is 0 Å². The van der Waals surface area contributed by atoms with E-state index >= 15 is 0 Å². The highest BCUT2D eigenvalue weighted by molar-refractivity contribution is 9.10. The zero-order valence-electron chi connectivity index (χ0n) is 9.40. The molecule has 3 nitrogen and oxygen atoms in total. The van der Waals surface area contributed by atoms with E-state index in [2.05, 4.69) is 20.7 Å². The van der Waals surface area contributed by atoms with E-state index in [-0.39, 0.29) is 10.2 Å². The molecule has 0 atom stereocenters. The molecule has 0 bridgehead atoms. The second kappa shape index (κ2) is 5.90. The van der Waals surface area contributed by atoms with Crippen LogP contribution in [0, 0.1) is 0 Å². The standard InChI is InChI=1S/C10H6BrF6NO2/c11-6-1-5(10(15,16)17)2-7(3-6)18-8(19)20-4-9(12,13)14/h1-3H,4H2,(H,18,19). The average Bonchev–Trinajstić information content (AvgIpc) is 2.23. The maximum absolute atomic E-state index is 12.5. The summed E-state index contributed by atoms with van der Waals surface area (Å²) < 4.78 is 76.6. The van der Waals surface area contributed by atoms with Gasteiger partial charge in [-0.15, -0.1) is 0 Å². The number of carbonyl (C=O) groups is 1. The molecular formula is C10H6BrF6NO2. The first-order chi connectivity index (χ1) is 8.97. The largest absolute Gasteiger partial charge is 0.440 e. The van der Waals surface area contributed by atoms with Crippen molar-refractivity contribution in [3.63, 3.8) is 0 Å². The molecule has 1 N–H and O–H groups in total. The summed E-state index contributed by atoms with van der Waals surface area (Å²) in [5.41, 5.74) is -1.42. The fraction of sp³-hybridized carbons (Fsp3) is 0.300. The molecule has 0 aliphatic rings. The van der Waals surface area contributed by atoms with Crippen molar-refractivity contribution in [1.82, 2.24) is 0 Å². The summed E-state index contributed by atoms with van der Waals surface area (Å²) in [5, 5.41) is 1.78. The Morgan fingerprint density at radius 1 is 1.15 bits per heavy atom. The van der Waals surface area contributed by atoms with E-state index in [4.69, 9.17) is 0 Å². The highest BCUT2D eigenvalue weighted by Crippen LogP contribution is 2.33. The van der Waals surface area contributed by atoms with E-state index in [1.807, 2.05) is 0 Å². The Morgan fingerprint density at radius 3 is 2.25 bits per heavy atom. The van der Waals surface area contributed by atoms with Crippen LogP contribution in [0.1, 0.15) is 5.56 Å². The van der Waals surface area contributed by atoms with Crippen molar-refractivity contribution in [3.8, 4) is 0 Å². The van der Waals surface area contributed by atoms with Crippen LogP contribution < -0.4 is 5.32 Å². The lowest BCUT2D eigenvalue weighted by molar-refractivity contribution is -0.159. The first-order valence-electron chi connectivity index (χ1n) is 4.86. The van der Waals surface area contributed by atoms with Crippen LogP contribution in [0.15, 0.2) is 22.7 Å². The molecule has 0 aliphatic carbocycles. The minimum absolute atomic E-state index is 0.00144. The molecule has 1 amide bonds. The Morgan fingerprint density at radius 2 is 1.75 bits per heavy atom. The van der Waals surface area contributed by atoms with Gasteiger partial charge in [-0.2, -0.15) is 26.3 Å². The number of anilines is 1. The molecule has 0 unspecified atom stereocenters. The number of hydrogen-bond acceptors (Lipinski definition) is 2. The topological polar surface area (TPSA) is 38.3 Å². The monoisotopic (exact) mass is 365 g/mol. The fourth-order valence-electron chi connectivity index (χ4n) is 1.13. The number of benzene rings is 1. The summed E-state index contributed by atoms with van der Waals surface area (Å²) in [6.07, 6.45) is -10.9. The molecule has 112 valence electrons. The summed E-state index contributed by atoms with van der Waals surface area (Å²) in [6, 6.07) is 2.41. The van der Waals surface area contributed by atoms with Crippen molar-refractivity contribution in [2.24, 2.45) is 0 Å². The van der Waals surface area contributed by atoms with Crippen LogP contribution >= 0.6 is 15.9 Å². The van der Waals surface area contributed by atoms with Crippen molar-refractivity contribution in [2.45, 2.75) is 12.4 Å². The molecule has 20 heavy (non-hydrogen) atoms. The quantitative estimate of drug-likeness (QED) is 0.779. The van der Waals surface area contributed by atoms with Crippen molar-refractivity contribution in [1.29, 1.82) is 0 Å². The lowest BCUT2D eigenvalue weighted by atomic mass is 10.2. The van der Waals surface area contributed by atoms with Crippen molar-refractivity contribution in [2.75, 3.05) is 11.9 Å². The minimum atomic E-state index is -4.72. The van der Waals surface area contributed by atoms with E-state index in [1.54, 1.807) is 5.32 Å². The van der Waals surface area contributed by atoms with E-state index in [0.717, 1.165) is 12.1 Å². The Labute approximate surface area is 117 Å². The van der Waals surface area contributed by atoms with Crippen LogP contribution in [0.3, 0.4) is 0 Å². The summed E-state index contributed by atoms with van der Waals surface area (Å²) in [6.45, 7) is -1.83. The molecule has 1 aromatic rings. The number of alkyl halides is 6. The molecule has 1 rings (SSSR count). The smallest absolute Gasteiger partial charge is 0.422 e. The molecule has 0 radical (unpaired) electrons. The summed E-state index contributed by atoms with van der Waals surface area (Å²) >= 11 is 2.79. The first-order valence-corrected chi connectivity index (χ1v) is 5.65. The minimum Gasteiger partial charge on any atom is -0.440 e.